The second-order valence-corrected chi connectivity index (χ2v) is 10.6. The number of halogens is 1. The number of hydrogen-bond acceptors (Lipinski definition) is 4. The largest absolute Gasteiger partial charge is 0.492 e. The zero-order valence-corrected chi connectivity index (χ0v) is 22.3. The van der Waals surface area contributed by atoms with Crippen molar-refractivity contribution in [2.45, 2.75) is 52.1 Å². The second kappa shape index (κ2) is 9.84. The number of fused-ring (bicyclic) bond motifs is 2. The molecule has 4 aromatic rings. The van der Waals surface area contributed by atoms with Gasteiger partial charge in [0, 0.05) is 34.9 Å². The summed E-state index contributed by atoms with van der Waals surface area (Å²) in [4.78, 5) is 15.7. The van der Waals surface area contributed by atoms with Crippen LogP contribution in [0.3, 0.4) is 0 Å². The molecule has 3 aromatic carbocycles. The normalized spacial score (nSPS) is 17.4. The molecule has 0 fully saturated rings. The first-order valence-corrected chi connectivity index (χ1v) is 13.3. The molecule has 1 N–H and O–H groups in total. The van der Waals surface area contributed by atoms with Gasteiger partial charge in [0.15, 0.2) is 0 Å². The number of carboxylic acid groups (broad SMARTS) is 1. The average molecular weight is 524 g/mol. The van der Waals surface area contributed by atoms with Crippen molar-refractivity contribution >= 4 is 5.97 Å². The molecule has 0 amide bonds. The van der Waals surface area contributed by atoms with Crippen molar-refractivity contribution in [2.75, 3.05) is 6.61 Å². The highest BCUT2D eigenvalue weighted by atomic mass is 19.1. The number of hydrogen-bond donors (Lipinski definition) is 1. The molecule has 39 heavy (non-hydrogen) atoms. The number of aliphatic carboxylic acids is 1. The van der Waals surface area contributed by atoms with Crippen molar-refractivity contribution in [1.82, 2.24) is 4.98 Å². The number of carbonyl (C=O) groups is 1. The molecule has 6 heteroatoms. The monoisotopic (exact) mass is 523 g/mol. The van der Waals surface area contributed by atoms with Crippen molar-refractivity contribution in [2.24, 2.45) is 0 Å². The number of benzene rings is 3. The minimum Gasteiger partial charge on any atom is -0.492 e. The van der Waals surface area contributed by atoms with E-state index in [0.29, 0.717) is 30.1 Å². The lowest BCUT2D eigenvalue weighted by atomic mass is 9.88. The van der Waals surface area contributed by atoms with E-state index < -0.39 is 12.1 Å². The molecule has 2 aliphatic rings. The van der Waals surface area contributed by atoms with Crippen LogP contribution in [0.25, 0.3) is 22.4 Å². The summed E-state index contributed by atoms with van der Waals surface area (Å²) in [5.41, 5.74) is 10.1. The van der Waals surface area contributed by atoms with Gasteiger partial charge in [-0.25, -0.2) is 4.39 Å². The van der Waals surface area contributed by atoms with E-state index >= 15 is 4.39 Å². The number of pyridine rings is 1. The van der Waals surface area contributed by atoms with E-state index in [9.17, 15) is 4.79 Å². The van der Waals surface area contributed by atoms with Crippen LogP contribution in [0, 0.1) is 26.6 Å². The van der Waals surface area contributed by atoms with Crippen molar-refractivity contribution < 1.29 is 23.8 Å². The molecule has 2 atom stereocenters. The lowest BCUT2D eigenvalue weighted by Gasteiger charge is -2.19. The van der Waals surface area contributed by atoms with Gasteiger partial charge in [-0.05, 0) is 103 Å². The molecule has 0 bridgehead atoms. The van der Waals surface area contributed by atoms with Gasteiger partial charge in [0.25, 0.3) is 0 Å². The summed E-state index contributed by atoms with van der Waals surface area (Å²) in [5, 5.41) is 9.16. The fraction of sp³-hybridized carbons (Fsp3) is 0.273. The number of carboxylic acids is 1. The highest BCUT2D eigenvalue weighted by Gasteiger charge is 2.32. The number of ether oxygens (including phenoxy) is 2. The maximum absolute atomic E-state index is 15.3. The maximum Gasteiger partial charge on any atom is 0.304 e. The summed E-state index contributed by atoms with van der Waals surface area (Å²) in [6.07, 6.45) is 2.84. The Hall–Kier alpha value is -4.19. The number of rotatable bonds is 6. The number of aromatic nitrogens is 1. The third-order valence-corrected chi connectivity index (χ3v) is 7.86. The topological polar surface area (TPSA) is 68.7 Å². The number of nitrogens with zero attached hydrogens (tertiary/aromatic N) is 1. The smallest absolute Gasteiger partial charge is 0.304 e. The SMILES string of the molecule is Cc1ccnc(-c2cc(C)c(-c3ccc(F)c4c3CC[C@H]4Oc3ccc4c(c3)OC[C@H]4CC(=O)O)c(C)c2)c1. The quantitative estimate of drug-likeness (QED) is 0.283. The van der Waals surface area contributed by atoms with E-state index in [4.69, 9.17) is 14.6 Å². The van der Waals surface area contributed by atoms with E-state index in [1.54, 1.807) is 12.1 Å². The first-order chi connectivity index (χ1) is 18.8. The zero-order valence-electron chi connectivity index (χ0n) is 22.3. The summed E-state index contributed by atoms with van der Waals surface area (Å²) in [7, 11) is 0. The zero-order chi connectivity index (χ0) is 27.3. The third kappa shape index (κ3) is 4.65. The van der Waals surface area contributed by atoms with Gasteiger partial charge in [0.2, 0.25) is 0 Å². The van der Waals surface area contributed by atoms with E-state index in [1.165, 1.54) is 0 Å². The van der Waals surface area contributed by atoms with Crippen LogP contribution < -0.4 is 9.47 Å². The minimum absolute atomic E-state index is 0.0263. The second-order valence-electron chi connectivity index (χ2n) is 10.6. The number of aryl methyl sites for hydroxylation is 3. The maximum atomic E-state index is 15.3. The predicted molar refractivity (Wildman–Crippen MR) is 148 cm³/mol. The van der Waals surface area contributed by atoms with Gasteiger partial charge in [-0.15, -0.1) is 0 Å². The first kappa shape index (κ1) is 25.1. The minimum atomic E-state index is -0.849. The molecular formula is C33H30FNO4. The summed E-state index contributed by atoms with van der Waals surface area (Å²) in [6.45, 7) is 6.60. The van der Waals surface area contributed by atoms with Crippen LogP contribution in [0.4, 0.5) is 4.39 Å². The Morgan fingerprint density at radius 1 is 1.08 bits per heavy atom. The molecule has 0 saturated heterocycles. The standard InChI is InChI=1S/C33H30FNO4/c1-18-10-11-35-28(12-18)21-13-19(2)32(20(3)14-21)25-6-8-27(34)33-26(25)7-9-29(33)39-23-4-5-24-22(15-31(36)37)17-38-30(24)16-23/h4-6,8,10-14,16,22,29H,7,9,15,17H2,1-3H3,(H,36,37)/t22-,29-/m1/s1. The van der Waals surface area contributed by atoms with Crippen molar-refractivity contribution in [3.8, 4) is 33.9 Å². The Balaban J connectivity index is 1.31. The fourth-order valence-corrected chi connectivity index (χ4v) is 6.13. The van der Waals surface area contributed by atoms with Crippen molar-refractivity contribution in [3.05, 3.63) is 100.0 Å². The Kier molecular flexibility index (Phi) is 6.34. The van der Waals surface area contributed by atoms with Gasteiger partial charge >= 0.3 is 5.97 Å². The Bertz CT molecular complexity index is 1590. The lowest BCUT2D eigenvalue weighted by Crippen LogP contribution is -2.07. The van der Waals surface area contributed by atoms with Gasteiger partial charge in [-0.2, -0.15) is 0 Å². The molecule has 0 radical (unpaired) electrons. The van der Waals surface area contributed by atoms with Crippen LogP contribution in [-0.4, -0.2) is 22.7 Å². The summed E-state index contributed by atoms with van der Waals surface area (Å²) in [6, 6.07) is 17.3. The average Bonchev–Trinajstić information content (AvgIpc) is 3.49. The highest BCUT2D eigenvalue weighted by Crippen LogP contribution is 2.45. The van der Waals surface area contributed by atoms with Crippen LogP contribution in [0.5, 0.6) is 11.5 Å². The van der Waals surface area contributed by atoms with Gasteiger partial charge in [-0.1, -0.05) is 12.1 Å². The molecule has 198 valence electrons. The molecule has 0 unspecified atom stereocenters. The fourth-order valence-electron chi connectivity index (χ4n) is 6.13. The van der Waals surface area contributed by atoms with Crippen LogP contribution >= 0.6 is 0 Å². The van der Waals surface area contributed by atoms with E-state index in [1.807, 2.05) is 30.5 Å². The summed E-state index contributed by atoms with van der Waals surface area (Å²) < 4.78 is 27.3. The molecule has 0 spiro atoms. The van der Waals surface area contributed by atoms with Crippen LogP contribution in [0.2, 0.25) is 0 Å². The van der Waals surface area contributed by atoms with Gasteiger partial charge < -0.3 is 14.6 Å². The molecule has 6 rings (SSSR count). The Morgan fingerprint density at radius 2 is 1.87 bits per heavy atom. The highest BCUT2D eigenvalue weighted by molar-refractivity contribution is 5.79. The van der Waals surface area contributed by atoms with Gasteiger partial charge in [0.05, 0.1) is 18.7 Å². The molecule has 5 nitrogen and oxygen atoms in total. The van der Waals surface area contributed by atoms with E-state index in [-0.39, 0.29) is 18.2 Å². The van der Waals surface area contributed by atoms with E-state index in [2.05, 4.69) is 44.0 Å². The molecule has 1 aliphatic carbocycles. The molecule has 1 aromatic heterocycles. The van der Waals surface area contributed by atoms with Crippen LogP contribution in [0.15, 0.2) is 60.8 Å². The Morgan fingerprint density at radius 3 is 2.62 bits per heavy atom. The van der Waals surface area contributed by atoms with Crippen molar-refractivity contribution in [1.29, 1.82) is 0 Å². The summed E-state index contributed by atoms with van der Waals surface area (Å²) in [5.74, 6) is -0.0441. The summed E-state index contributed by atoms with van der Waals surface area (Å²) >= 11 is 0. The lowest BCUT2D eigenvalue weighted by molar-refractivity contribution is -0.137. The molecule has 0 saturated carbocycles. The predicted octanol–water partition coefficient (Wildman–Crippen LogP) is 7.50. The van der Waals surface area contributed by atoms with E-state index in [0.717, 1.165) is 56.6 Å². The Labute approximate surface area is 227 Å². The molecule has 2 heterocycles. The first-order valence-electron chi connectivity index (χ1n) is 13.3. The van der Waals surface area contributed by atoms with Crippen molar-refractivity contribution in [3.63, 3.8) is 0 Å². The van der Waals surface area contributed by atoms with Gasteiger partial charge in [0.1, 0.15) is 23.4 Å². The van der Waals surface area contributed by atoms with Crippen LogP contribution in [0.1, 0.15) is 58.2 Å². The molecular weight excluding hydrogens is 493 g/mol. The van der Waals surface area contributed by atoms with Gasteiger partial charge in [-0.3, -0.25) is 9.78 Å². The third-order valence-electron chi connectivity index (χ3n) is 7.86. The molecule has 1 aliphatic heterocycles. The van der Waals surface area contributed by atoms with Crippen LogP contribution in [-0.2, 0) is 11.2 Å².